The van der Waals surface area contributed by atoms with Crippen molar-refractivity contribution in [1.29, 1.82) is 0 Å². The maximum Gasteiger partial charge on any atom is 0.400 e. The van der Waals surface area contributed by atoms with Gasteiger partial charge in [0.1, 0.15) is 5.75 Å². The molecule has 2 atom stereocenters. The normalized spacial score (nSPS) is 29.7. The van der Waals surface area contributed by atoms with Gasteiger partial charge in [-0.25, -0.2) is 8.78 Å². The average Bonchev–Trinajstić information content (AvgIpc) is 3.07. The summed E-state index contributed by atoms with van der Waals surface area (Å²) in [5, 5.41) is 0. The highest BCUT2D eigenvalue weighted by molar-refractivity contribution is 5.24. The Morgan fingerprint density at radius 3 is 2.31 bits per heavy atom. The molecule has 1 aromatic rings. The van der Waals surface area contributed by atoms with E-state index >= 15 is 0 Å². The number of hydrogen-bond acceptors (Lipinski definition) is 1. The SMILES string of the molecule is CCCC1CCC(C2CCC(C(F)(F)Oc3ccc(F)c(F)c3)CC2)C1. The third-order valence-electron chi connectivity index (χ3n) is 6.34. The van der Waals surface area contributed by atoms with Crippen molar-refractivity contribution in [2.45, 2.75) is 70.8 Å². The molecule has 0 radical (unpaired) electrons. The van der Waals surface area contributed by atoms with Crippen LogP contribution in [0.1, 0.15) is 64.7 Å². The van der Waals surface area contributed by atoms with Crippen molar-refractivity contribution in [2.75, 3.05) is 0 Å². The number of hydrogen-bond donors (Lipinski definition) is 0. The molecule has 146 valence electrons. The van der Waals surface area contributed by atoms with E-state index in [9.17, 15) is 17.6 Å². The Kier molecular flexibility index (Phi) is 6.13. The van der Waals surface area contributed by atoms with Crippen molar-refractivity contribution in [1.82, 2.24) is 0 Å². The molecule has 0 heterocycles. The molecular formula is C21H28F4O. The zero-order chi connectivity index (χ0) is 18.7. The molecule has 0 spiro atoms. The molecule has 0 aliphatic heterocycles. The summed E-state index contributed by atoms with van der Waals surface area (Å²) in [5.74, 6) is -1.38. The summed E-state index contributed by atoms with van der Waals surface area (Å²) in [5.41, 5.74) is 0. The van der Waals surface area contributed by atoms with Gasteiger partial charge in [-0.2, -0.15) is 8.78 Å². The second-order valence-electron chi connectivity index (χ2n) is 8.08. The van der Waals surface area contributed by atoms with Crippen LogP contribution in [0.15, 0.2) is 18.2 Å². The molecule has 2 aliphatic rings. The number of rotatable bonds is 6. The largest absolute Gasteiger partial charge is 0.432 e. The Morgan fingerprint density at radius 1 is 0.962 bits per heavy atom. The standard InChI is InChI=1S/C21H28F4O/c1-2-3-14-4-5-16(12-14)15-6-8-17(9-7-15)21(24,25)26-18-10-11-19(22)20(23)13-18/h10-11,13-17H,2-9,12H2,1H3. The number of halogens is 4. The summed E-state index contributed by atoms with van der Waals surface area (Å²) >= 11 is 0. The molecule has 5 heteroatoms. The van der Waals surface area contributed by atoms with Crippen LogP contribution in [-0.4, -0.2) is 6.11 Å². The highest BCUT2D eigenvalue weighted by atomic mass is 19.3. The molecule has 26 heavy (non-hydrogen) atoms. The number of benzene rings is 1. The van der Waals surface area contributed by atoms with E-state index in [1.54, 1.807) is 0 Å². The molecule has 1 nitrogen and oxygen atoms in total. The molecule has 2 unspecified atom stereocenters. The molecule has 2 aliphatic carbocycles. The minimum atomic E-state index is -3.35. The van der Waals surface area contributed by atoms with Crippen LogP contribution in [-0.2, 0) is 0 Å². The Labute approximate surface area is 153 Å². The van der Waals surface area contributed by atoms with Gasteiger partial charge in [0, 0.05) is 6.07 Å². The maximum atomic E-state index is 14.5. The van der Waals surface area contributed by atoms with E-state index in [-0.39, 0.29) is 5.75 Å². The Hall–Kier alpha value is -1.26. The maximum absolute atomic E-state index is 14.5. The van der Waals surface area contributed by atoms with Crippen LogP contribution >= 0.6 is 0 Å². The van der Waals surface area contributed by atoms with Gasteiger partial charge in [-0.15, -0.1) is 0 Å². The van der Waals surface area contributed by atoms with Crippen LogP contribution in [0, 0.1) is 35.3 Å². The minimum absolute atomic E-state index is 0.325. The fraction of sp³-hybridized carbons (Fsp3) is 0.714. The topological polar surface area (TPSA) is 9.23 Å². The van der Waals surface area contributed by atoms with Gasteiger partial charge in [0.05, 0.1) is 5.92 Å². The molecule has 0 N–H and O–H groups in total. The molecule has 0 bridgehead atoms. The molecule has 0 aromatic heterocycles. The lowest BCUT2D eigenvalue weighted by molar-refractivity contribution is -0.224. The molecule has 2 fully saturated rings. The van der Waals surface area contributed by atoms with Gasteiger partial charge in [0.15, 0.2) is 11.6 Å². The highest BCUT2D eigenvalue weighted by Crippen LogP contribution is 2.47. The fourth-order valence-corrected chi connectivity index (χ4v) is 4.92. The predicted octanol–water partition coefficient (Wildman–Crippen LogP) is 6.96. The van der Waals surface area contributed by atoms with Crippen molar-refractivity contribution in [2.24, 2.45) is 23.7 Å². The monoisotopic (exact) mass is 372 g/mol. The number of ether oxygens (including phenoxy) is 1. The van der Waals surface area contributed by atoms with Crippen LogP contribution < -0.4 is 4.74 Å². The van der Waals surface area contributed by atoms with E-state index < -0.39 is 23.7 Å². The van der Waals surface area contributed by atoms with E-state index in [1.165, 1.54) is 32.1 Å². The van der Waals surface area contributed by atoms with Crippen molar-refractivity contribution in [3.8, 4) is 5.75 Å². The number of alkyl halides is 2. The summed E-state index contributed by atoms with van der Waals surface area (Å²) in [6, 6.07) is 2.54. The van der Waals surface area contributed by atoms with E-state index in [1.807, 2.05) is 0 Å². The molecular weight excluding hydrogens is 344 g/mol. The predicted molar refractivity (Wildman–Crippen MR) is 93.1 cm³/mol. The van der Waals surface area contributed by atoms with Crippen LogP contribution in [0.3, 0.4) is 0 Å². The second kappa shape index (κ2) is 8.18. The summed E-state index contributed by atoms with van der Waals surface area (Å²) in [6.45, 7) is 2.22. The zero-order valence-corrected chi connectivity index (χ0v) is 15.3. The first-order valence-electron chi connectivity index (χ1n) is 9.91. The van der Waals surface area contributed by atoms with Crippen LogP contribution in [0.25, 0.3) is 0 Å². The summed E-state index contributed by atoms with van der Waals surface area (Å²) in [6.07, 6.45) is 5.40. The highest BCUT2D eigenvalue weighted by Gasteiger charge is 2.45. The van der Waals surface area contributed by atoms with Crippen LogP contribution in [0.5, 0.6) is 5.75 Å². The molecule has 0 saturated heterocycles. The minimum Gasteiger partial charge on any atom is -0.432 e. The Morgan fingerprint density at radius 2 is 1.65 bits per heavy atom. The quantitative estimate of drug-likeness (QED) is 0.491. The zero-order valence-electron chi connectivity index (χ0n) is 15.3. The Bertz CT molecular complexity index is 596. The van der Waals surface area contributed by atoms with Gasteiger partial charge in [-0.3, -0.25) is 0 Å². The molecule has 0 amide bonds. The van der Waals surface area contributed by atoms with E-state index in [2.05, 4.69) is 6.92 Å². The van der Waals surface area contributed by atoms with E-state index in [4.69, 9.17) is 4.74 Å². The van der Waals surface area contributed by atoms with Crippen LogP contribution in [0.2, 0.25) is 0 Å². The van der Waals surface area contributed by atoms with E-state index in [0.717, 1.165) is 30.9 Å². The molecule has 1 aromatic carbocycles. The van der Waals surface area contributed by atoms with Crippen molar-refractivity contribution < 1.29 is 22.3 Å². The summed E-state index contributed by atoms with van der Waals surface area (Å²) in [7, 11) is 0. The fourth-order valence-electron chi connectivity index (χ4n) is 4.92. The van der Waals surface area contributed by atoms with E-state index in [0.29, 0.717) is 30.7 Å². The third kappa shape index (κ3) is 4.52. The first kappa shape index (κ1) is 19.5. The van der Waals surface area contributed by atoms with Gasteiger partial charge < -0.3 is 4.74 Å². The van der Waals surface area contributed by atoms with Crippen molar-refractivity contribution >= 4 is 0 Å². The van der Waals surface area contributed by atoms with Gasteiger partial charge >= 0.3 is 6.11 Å². The average molecular weight is 372 g/mol. The summed E-state index contributed by atoms with van der Waals surface area (Å²) < 4.78 is 59.8. The van der Waals surface area contributed by atoms with Gasteiger partial charge in [0.2, 0.25) is 0 Å². The van der Waals surface area contributed by atoms with Gasteiger partial charge in [0.25, 0.3) is 0 Å². The van der Waals surface area contributed by atoms with Crippen molar-refractivity contribution in [3.63, 3.8) is 0 Å². The van der Waals surface area contributed by atoms with Gasteiger partial charge in [-0.1, -0.05) is 26.2 Å². The Balaban J connectivity index is 1.52. The van der Waals surface area contributed by atoms with Crippen LogP contribution in [0.4, 0.5) is 17.6 Å². The lowest BCUT2D eigenvalue weighted by atomic mass is 9.74. The first-order valence-corrected chi connectivity index (χ1v) is 9.91. The summed E-state index contributed by atoms with van der Waals surface area (Å²) in [4.78, 5) is 0. The smallest absolute Gasteiger partial charge is 0.400 e. The van der Waals surface area contributed by atoms with Gasteiger partial charge in [-0.05, 0) is 68.4 Å². The molecule has 3 rings (SSSR count). The lowest BCUT2D eigenvalue weighted by Crippen LogP contribution is -2.38. The molecule has 2 saturated carbocycles. The second-order valence-corrected chi connectivity index (χ2v) is 8.08. The third-order valence-corrected chi connectivity index (χ3v) is 6.34. The lowest BCUT2D eigenvalue weighted by Gasteiger charge is -2.35. The van der Waals surface area contributed by atoms with Crippen molar-refractivity contribution in [3.05, 3.63) is 29.8 Å². The first-order chi connectivity index (χ1) is 12.4.